The molecule has 32 heavy (non-hydrogen) atoms. The van der Waals surface area contributed by atoms with Gasteiger partial charge in [-0.05, 0) is 42.3 Å². The third kappa shape index (κ3) is 5.54. The first kappa shape index (κ1) is 24.8. The topological polar surface area (TPSA) is 78.0 Å². The van der Waals surface area contributed by atoms with E-state index in [2.05, 4.69) is 0 Å². The maximum Gasteiger partial charge on any atom is 0.267 e. The van der Waals surface area contributed by atoms with Crippen LogP contribution in [0.15, 0.2) is 47.4 Å². The Hall–Kier alpha value is -1.88. The molecule has 0 spiro atoms. The third-order valence-corrected chi connectivity index (χ3v) is 8.55. The summed E-state index contributed by atoms with van der Waals surface area (Å²) in [5.41, 5.74) is 0.874. The summed E-state index contributed by atoms with van der Waals surface area (Å²) in [4.78, 5) is 1.42. The number of rotatable bonds is 7. The lowest BCUT2D eigenvalue weighted by atomic mass is 10.2. The molecule has 11 heteroatoms. The zero-order chi connectivity index (χ0) is 23.7. The van der Waals surface area contributed by atoms with Crippen molar-refractivity contribution >= 4 is 43.0 Å². The van der Waals surface area contributed by atoms with Crippen LogP contribution in [0.2, 0.25) is 5.02 Å². The predicted molar refractivity (Wildman–Crippen MR) is 126 cm³/mol. The van der Waals surface area contributed by atoms with Crippen molar-refractivity contribution in [3.8, 4) is 0 Å². The number of benzene rings is 2. The maximum absolute atomic E-state index is 15.1. The first-order valence-electron chi connectivity index (χ1n) is 10.2. The van der Waals surface area contributed by atoms with Crippen LogP contribution >= 0.6 is 11.6 Å². The Kier molecular flexibility index (Phi) is 7.38. The van der Waals surface area contributed by atoms with Gasteiger partial charge in [0.1, 0.15) is 10.7 Å². The van der Waals surface area contributed by atoms with Crippen molar-refractivity contribution in [3.63, 3.8) is 0 Å². The molecule has 7 nitrogen and oxygen atoms in total. The monoisotopic (exact) mass is 503 g/mol. The molecule has 1 heterocycles. The number of hydrogen-bond donors (Lipinski definition) is 0. The molecule has 2 aromatic rings. The molecule has 0 bridgehead atoms. The number of piperazine rings is 1. The lowest BCUT2D eigenvalue weighted by Gasteiger charge is -2.35. The van der Waals surface area contributed by atoms with Crippen molar-refractivity contribution in [2.45, 2.75) is 18.7 Å². The van der Waals surface area contributed by atoms with Crippen LogP contribution in [0.25, 0.3) is 0 Å². The Balaban J connectivity index is 1.89. The van der Waals surface area contributed by atoms with Gasteiger partial charge in [0, 0.05) is 43.4 Å². The number of sulfonamides is 2. The van der Waals surface area contributed by atoms with Crippen LogP contribution in [0.4, 0.5) is 15.8 Å². The van der Waals surface area contributed by atoms with Crippen molar-refractivity contribution < 1.29 is 21.2 Å². The van der Waals surface area contributed by atoms with Crippen molar-refractivity contribution in [3.05, 3.63) is 53.3 Å². The molecule has 0 saturated carbocycles. The van der Waals surface area contributed by atoms with Crippen molar-refractivity contribution in [2.75, 3.05) is 48.2 Å². The molecule has 0 unspecified atom stereocenters. The summed E-state index contributed by atoms with van der Waals surface area (Å²) in [7, 11) is -7.46. The number of hydrogen-bond acceptors (Lipinski definition) is 5. The Morgan fingerprint density at radius 2 is 1.69 bits per heavy atom. The van der Waals surface area contributed by atoms with Gasteiger partial charge in [-0.15, -0.1) is 0 Å². The number of anilines is 2. The number of nitrogens with zero attached hydrogens (tertiary/aromatic N) is 3. The largest absolute Gasteiger partial charge is 0.369 e. The molecule has 1 fully saturated rings. The quantitative estimate of drug-likeness (QED) is 0.578. The summed E-state index contributed by atoms with van der Waals surface area (Å²) in [6, 6.07) is 10.5. The Bertz CT molecular complexity index is 1180. The fourth-order valence-electron chi connectivity index (χ4n) is 3.60. The van der Waals surface area contributed by atoms with E-state index >= 15 is 4.39 Å². The highest BCUT2D eigenvalue weighted by molar-refractivity contribution is 7.92. The second kappa shape index (κ2) is 9.54. The highest BCUT2D eigenvalue weighted by atomic mass is 35.5. The molecule has 0 atom stereocenters. The van der Waals surface area contributed by atoms with Crippen LogP contribution in [-0.2, 0) is 20.0 Å². The van der Waals surface area contributed by atoms with Gasteiger partial charge >= 0.3 is 0 Å². The minimum absolute atomic E-state index is 0.00256. The van der Waals surface area contributed by atoms with Crippen LogP contribution in [0.3, 0.4) is 0 Å². The molecule has 0 aromatic heterocycles. The van der Waals surface area contributed by atoms with Gasteiger partial charge in [-0.1, -0.05) is 31.5 Å². The highest BCUT2D eigenvalue weighted by Crippen LogP contribution is 2.30. The molecule has 3 rings (SSSR count). The van der Waals surface area contributed by atoms with Gasteiger partial charge in [-0.3, -0.25) is 4.31 Å². The summed E-state index contributed by atoms with van der Waals surface area (Å²) in [6.45, 7) is 5.28. The smallest absolute Gasteiger partial charge is 0.267 e. The fraction of sp³-hybridized carbons (Fsp3) is 0.429. The van der Waals surface area contributed by atoms with Gasteiger partial charge in [0.2, 0.25) is 10.0 Å². The Morgan fingerprint density at radius 1 is 1.03 bits per heavy atom. The highest BCUT2D eigenvalue weighted by Gasteiger charge is 2.30. The minimum Gasteiger partial charge on any atom is -0.369 e. The van der Waals surface area contributed by atoms with E-state index in [-0.39, 0.29) is 25.6 Å². The van der Waals surface area contributed by atoms with E-state index < -0.39 is 30.8 Å². The van der Waals surface area contributed by atoms with Gasteiger partial charge in [-0.2, -0.15) is 4.31 Å². The molecule has 1 saturated heterocycles. The van der Waals surface area contributed by atoms with Gasteiger partial charge in [0.15, 0.2) is 0 Å². The SMILES string of the molecule is CC(C)CN(c1cccc(Cl)c1)S(=O)(=O)c1ccc(N2CCN(S(C)(=O)=O)CC2)cc1F. The van der Waals surface area contributed by atoms with Crippen LogP contribution in [-0.4, -0.2) is 60.1 Å². The van der Waals surface area contributed by atoms with Crippen molar-refractivity contribution in [2.24, 2.45) is 5.92 Å². The van der Waals surface area contributed by atoms with E-state index in [1.54, 1.807) is 24.3 Å². The Morgan fingerprint density at radius 3 is 2.22 bits per heavy atom. The molecule has 176 valence electrons. The summed E-state index contributed by atoms with van der Waals surface area (Å²) in [5.74, 6) is -0.860. The molecule has 0 aliphatic carbocycles. The maximum atomic E-state index is 15.1. The van der Waals surface area contributed by atoms with E-state index in [1.165, 1.54) is 26.8 Å². The van der Waals surface area contributed by atoms with E-state index in [9.17, 15) is 16.8 Å². The van der Waals surface area contributed by atoms with Crippen LogP contribution in [0.1, 0.15) is 13.8 Å². The van der Waals surface area contributed by atoms with Gasteiger partial charge in [0.25, 0.3) is 10.0 Å². The first-order chi connectivity index (χ1) is 14.9. The second-order valence-electron chi connectivity index (χ2n) is 8.17. The summed E-state index contributed by atoms with van der Waals surface area (Å²) < 4.78 is 67.8. The fourth-order valence-corrected chi connectivity index (χ4v) is 6.28. The molecule has 0 N–H and O–H groups in total. The van der Waals surface area contributed by atoms with Gasteiger partial charge in [-0.25, -0.2) is 21.2 Å². The van der Waals surface area contributed by atoms with E-state index in [0.29, 0.717) is 29.5 Å². The normalized spacial score (nSPS) is 15.9. The lowest BCUT2D eigenvalue weighted by molar-refractivity contribution is 0.388. The van der Waals surface area contributed by atoms with E-state index in [4.69, 9.17) is 11.6 Å². The molecule has 1 aliphatic rings. The molecular formula is C21H27ClFN3O4S2. The zero-order valence-electron chi connectivity index (χ0n) is 18.2. The molecular weight excluding hydrogens is 477 g/mol. The summed E-state index contributed by atoms with van der Waals surface area (Å²) in [5, 5.41) is 0.385. The zero-order valence-corrected chi connectivity index (χ0v) is 20.6. The van der Waals surface area contributed by atoms with Gasteiger partial charge < -0.3 is 4.90 Å². The van der Waals surface area contributed by atoms with Crippen molar-refractivity contribution in [1.82, 2.24) is 4.31 Å². The Labute approximate surface area is 194 Å². The average Bonchev–Trinajstić information content (AvgIpc) is 2.71. The second-order valence-corrected chi connectivity index (χ2v) is 12.4. The molecule has 0 amide bonds. The average molecular weight is 504 g/mol. The third-order valence-electron chi connectivity index (χ3n) is 5.18. The molecule has 2 aromatic carbocycles. The van der Waals surface area contributed by atoms with Crippen LogP contribution in [0.5, 0.6) is 0 Å². The van der Waals surface area contributed by atoms with E-state index in [1.807, 2.05) is 18.7 Å². The van der Waals surface area contributed by atoms with Crippen molar-refractivity contribution in [1.29, 1.82) is 0 Å². The lowest BCUT2D eigenvalue weighted by Crippen LogP contribution is -2.48. The predicted octanol–water partition coefficient (Wildman–Crippen LogP) is 3.41. The van der Waals surface area contributed by atoms with E-state index in [0.717, 1.165) is 6.26 Å². The minimum atomic E-state index is -4.18. The standard InChI is InChI=1S/C21H27ClFN3O4S2/c1-16(2)15-26(19-6-4-5-17(22)13-19)32(29,30)21-8-7-18(14-20(21)23)24-9-11-25(12-10-24)31(3,27)28/h4-8,13-14,16H,9-12,15H2,1-3H3. The molecule has 0 radical (unpaired) electrons. The van der Waals surface area contributed by atoms with Crippen LogP contribution < -0.4 is 9.21 Å². The molecule has 1 aliphatic heterocycles. The first-order valence-corrected chi connectivity index (χ1v) is 13.8. The summed E-state index contributed by atoms with van der Waals surface area (Å²) >= 11 is 6.06. The van der Waals surface area contributed by atoms with Crippen LogP contribution in [0, 0.1) is 11.7 Å². The van der Waals surface area contributed by atoms with Gasteiger partial charge in [0.05, 0.1) is 11.9 Å². The number of halogens is 2. The summed E-state index contributed by atoms with van der Waals surface area (Å²) in [6.07, 6.45) is 1.16.